The van der Waals surface area contributed by atoms with Crippen LogP contribution >= 0.6 is 11.8 Å². The molecule has 0 saturated heterocycles. The summed E-state index contributed by atoms with van der Waals surface area (Å²) >= 11 is 1.67. The maximum Gasteiger partial charge on any atom is 0.304 e. The van der Waals surface area contributed by atoms with Gasteiger partial charge >= 0.3 is 5.97 Å². The lowest BCUT2D eigenvalue weighted by Crippen LogP contribution is -2.01. The van der Waals surface area contributed by atoms with Crippen molar-refractivity contribution in [2.45, 2.75) is 12.8 Å². The Kier molecular flexibility index (Phi) is 4.52. The number of aliphatic carboxylic acids is 1. The van der Waals surface area contributed by atoms with Crippen LogP contribution in [0.5, 0.6) is 0 Å². The summed E-state index contributed by atoms with van der Waals surface area (Å²) in [4.78, 5) is 10.2. The summed E-state index contributed by atoms with van der Waals surface area (Å²) in [5, 5.41) is 12.5. The molecule has 0 saturated carbocycles. The molecule has 1 rings (SSSR count). The van der Waals surface area contributed by atoms with E-state index in [1.807, 2.05) is 17.8 Å². The zero-order valence-corrected chi connectivity index (χ0v) is 8.96. The summed E-state index contributed by atoms with van der Waals surface area (Å²) in [6.07, 6.45) is 2.97. The Morgan fingerprint density at radius 1 is 1.64 bits per heavy atom. The van der Waals surface area contributed by atoms with E-state index in [4.69, 9.17) is 5.11 Å². The molecule has 0 bridgehead atoms. The first-order valence-electron chi connectivity index (χ1n) is 4.46. The van der Waals surface area contributed by atoms with Crippen molar-refractivity contribution >= 4 is 17.7 Å². The molecule has 0 amide bonds. The SMILES string of the molecule is Cn1nccc1CCSCCC(=O)O. The van der Waals surface area contributed by atoms with E-state index in [0.717, 1.165) is 12.2 Å². The number of rotatable bonds is 6. The second kappa shape index (κ2) is 5.70. The fourth-order valence-electron chi connectivity index (χ4n) is 1.08. The third-order valence-electron chi connectivity index (χ3n) is 1.89. The Labute approximate surface area is 87.3 Å². The zero-order valence-electron chi connectivity index (χ0n) is 8.14. The molecule has 5 heteroatoms. The van der Waals surface area contributed by atoms with Gasteiger partial charge in [-0.05, 0) is 18.2 Å². The molecule has 0 unspecified atom stereocenters. The normalized spacial score (nSPS) is 10.4. The molecule has 4 nitrogen and oxygen atoms in total. The van der Waals surface area contributed by atoms with Gasteiger partial charge < -0.3 is 5.11 Å². The van der Waals surface area contributed by atoms with Crippen LogP contribution in [0, 0.1) is 0 Å². The molecule has 0 fully saturated rings. The van der Waals surface area contributed by atoms with Crippen molar-refractivity contribution < 1.29 is 9.90 Å². The Hall–Kier alpha value is -0.970. The maximum atomic E-state index is 10.2. The standard InChI is InChI=1S/C9H14N2O2S/c1-11-8(2-5-10-11)3-6-14-7-4-9(12)13/h2,5H,3-4,6-7H2,1H3,(H,12,13). The van der Waals surface area contributed by atoms with Gasteiger partial charge in [-0.25, -0.2) is 0 Å². The molecule has 0 atom stereocenters. The topological polar surface area (TPSA) is 55.1 Å². The first-order chi connectivity index (χ1) is 6.70. The summed E-state index contributed by atoms with van der Waals surface area (Å²) in [6.45, 7) is 0. The molecule has 0 aromatic carbocycles. The van der Waals surface area contributed by atoms with Crippen molar-refractivity contribution in [2.75, 3.05) is 11.5 Å². The summed E-state index contributed by atoms with van der Waals surface area (Å²) in [5.74, 6) is 0.915. The lowest BCUT2D eigenvalue weighted by Gasteiger charge is -2.00. The molecule has 0 aliphatic heterocycles. The molecule has 0 aliphatic rings. The molecule has 14 heavy (non-hydrogen) atoms. The number of hydrogen-bond acceptors (Lipinski definition) is 3. The van der Waals surface area contributed by atoms with Gasteiger partial charge in [-0.15, -0.1) is 0 Å². The Balaban J connectivity index is 2.10. The van der Waals surface area contributed by atoms with Crippen molar-refractivity contribution in [3.05, 3.63) is 18.0 Å². The maximum absolute atomic E-state index is 10.2. The Morgan fingerprint density at radius 3 is 3.00 bits per heavy atom. The van der Waals surface area contributed by atoms with Crippen LogP contribution in [0.4, 0.5) is 0 Å². The van der Waals surface area contributed by atoms with Gasteiger partial charge in [-0.2, -0.15) is 16.9 Å². The zero-order chi connectivity index (χ0) is 10.4. The molecule has 78 valence electrons. The average molecular weight is 214 g/mol. The summed E-state index contributed by atoms with van der Waals surface area (Å²) in [7, 11) is 1.91. The third-order valence-corrected chi connectivity index (χ3v) is 2.87. The molecule has 0 radical (unpaired) electrons. The molecule has 1 heterocycles. The van der Waals surface area contributed by atoms with Gasteiger partial charge in [0.1, 0.15) is 0 Å². The second-order valence-corrected chi connectivity index (χ2v) is 4.18. The van der Waals surface area contributed by atoms with Crippen LogP contribution in [0.25, 0.3) is 0 Å². The highest BCUT2D eigenvalue weighted by Gasteiger charge is 1.99. The van der Waals surface area contributed by atoms with E-state index in [1.54, 1.807) is 18.0 Å². The molecular formula is C9H14N2O2S. The molecule has 1 aromatic heterocycles. The highest BCUT2D eigenvalue weighted by Crippen LogP contribution is 2.07. The van der Waals surface area contributed by atoms with Gasteiger partial charge in [0, 0.05) is 24.7 Å². The summed E-state index contributed by atoms with van der Waals surface area (Å²) in [6, 6.07) is 1.98. The first kappa shape index (κ1) is 11.1. The minimum absolute atomic E-state index is 0.246. The number of thioether (sulfide) groups is 1. The predicted octanol–water partition coefficient (Wildman–Crippen LogP) is 1.17. The molecule has 0 spiro atoms. The van der Waals surface area contributed by atoms with Crippen LogP contribution in [-0.2, 0) is 18.3 Å². The number of aromatic nitrogens is 2. The number of carboxylic acid groups (broad SMARTS) is 1. The molecule has 0 aliphatic carbocycles. The number of hydrogen-bond donors (Lipinski definition) is 1. The van der Waals surface area contributed by atoms with Crippen LogP contribution in [0.3, 0.4) is 0 Å². The van der Waals surface area contributed by atoms with Gasteiger partial charge in [0.05, 0.1) is 6.42 Å². The fraction of sp³-hybridized carbons (Fsp3) is 0.556. The van der Waals surface area contributed by atoms with Crippen LogP contribution in [-0.4, -0.2) is 32.4 Å². The van der Waals surface area contributed by atoms with Crippen molar-refractivity contribution in [1.29, 1.82) is 0 Å². The fourth-order valence-corrected chi connectivity index (χ4v) is 1.96. The molecule has 1 N–H and O–H groups in total. The van der Waals surface area contributed by atoms with Crippen LogP contribution in [0.1, 0.15) is 12.1 Å². The van der Waals surface area contributed by atoms with Crippen molar-refractivity contribution in [3.63, 3.8) is 0 Å². The number of carboxylic acids is 1. The average Bonchev–Trinajstić information content (AvgIpc) is 2.51. The van der Waals surface area contributed by atoms with Gasteiger partial charge in [-0.3, -0.25) is 9.48 Å². The lowest BCUT2D eigenvalue weighted by molar-refractivity contribution is -0.136. The van der Waals surface area contributed by atoms with E-state index >= 15 is 0 Å². The summed E-state index contributed by atoms with van der Waals surface area (Å²) in [5.41, 5.74) is 1.19. The quantitative estimate of drug-likeness (QED) is 0.722. The second-order valence-electron chi connectivity index (χ2n) is 2.95. The number of carbonyl (C=O) groups is 1. The van der Waals surface area contributed by atoms with E-state index in [1.165, 1.54) is 5.69 Å². The lowest BCUT2D eigenvalue weighted by atomic mass is 10.3. The van der Waals surface area contributed by atoms with E-state index in [0.29, 0.717) is 5.75 Å². The Bertz CT molecular complexity index is 299. The predicted molar refractivity (Wildman–Crippen MR) is 56.5 cm³/mol. The monoisotopic (exact) mass is 214 g/mol. The van der Waals surface area contributed by atoms with Crippen LogP contribution in [0.15, 0.2) is 12.3 Å². The van der Waals surface area contributed by atoms with Gasteiger partial charge in [0.15, 0.2) is 0 Å². The van der Waals surface area contributed by atoms with Gasteiger partial charge in [0.25, 0.3) is 0 Å². The smallest absolute Gasteiger partial charge is 0.304 e. The van der Waals surface area contributed by atoms with Gasteiger partial charge in [-0.1, -0.05) is 0 Å². The number of nitrogens with zero attached hydrogens (tertiary/aromatic N) is 2. The molecular weight excluding hydrogens is 200 g/mol. The number of aryl methyl sites for hydroxylation is 2. The van der Waals surface area contributed by atoms with Crippen LogP contribution < -0.4 is 0 Å². The van der Waals surface area contributed by atoms with Gasteiger partial charge in [0.2, 0.25) is 0 Å². The highest BCUT2D eigenvalue weighted by molar-refractivity contribution is 7.99. The molecule has 1 aromatic rings. The van der Waals surface area contributed by atoms with Crippen molar-refractivity contribution in [3.8, 4) is 0 Å². The van der Waals surface area contributed by atoms with E-state index in [9.17, 15) is 4.79 Å². The van der Waals surface area contributed by atoms with Crippen LogP contribution in [0.2, 0.25) is 0 Å². The van der Waals surface area contributed by atoms with E-state index in [2.05, 4.69) is 5.10 Å². The highest BCUT2D eigenvalue weighted by atomic mass is 32.2. The minimum atomic E-state index is -0.724. The van der Waals surface area contributed by atoms with Crippen molar-refractivity contribution in [1.82, 2.24) is 9.78 Å². The summed E-state index contributed by atoms with van der Waals surface area (Å²) < 4.78 is 1.84. The van der Waals surface area contributed by atoms with E-state index in [-0.39, 0.29) is 6.42 Å². The largest absolute Gasteiger partial charge is 0.481 e. The van der Waals surface area contributed by atoms with E-state index < -0.39 is 5.97 Å². The Morgan fingerprint density at radius 2 is 2.43 bits per heavy atom. The first-order valence-corrected chi connectivity index (χ1v) is 5.62. The minimum Gasteiger partial charge on any atom is -0.481 e. The third kappa shape index (κ3) is 3.83. The van der Waals surface area contributed by atoms with Crippen molar-refractivity contribution in [2.24, 2.45) is 7.05 Å².